The lowest BCUT2D eigenvalue weighted by molar-refractivity contribution is 0.0958. The Morgan fingerprint density at radius 3 is 2.71 bits per heavy atom. The number of aromatic amines is 1. The maximum Gasteiger partial charge on any atom is 0.165 e. The Labute approximate surface area is 125 Å². The third-order valence-electron chi connectivity index (χ3n) is 4.58. The molecule has 0 amide bonds. The van der Waals surface area contributed by atoms with Crippen molar-refractivity contribution in [2.24, 2.45) is 5.92 Å². The number of nitrogens with one attached hydrogen (secondary N) is 1. The van der Waals surface area contributed by atoms with E-state index in [-0.39, 0.29) is 5.78 Å². The lowest BCUT2D eigenvalue weighted by Crippen LogP contribution is -2.08. The van der Waals surface area contributed by atoms with Crippen LogP contribution < -0.4 is 0 Å². The Balaban J connectivity index is 1.86. The van der Waals surface area contributed by atoms with Gasteiger partial charge in [0.25, 0.3) is 0 Å². The molecule has 0 saturated heterocycles. The molecule has 1 fully saturated rings. The van der Waals surface area contributed by atoms with Gasteiger partial charge in [-0.1, -0.05) is 44.6 Å². The third kappa shape index (κ3) is 2.85. The Morgan fingerprint density at radius 2 is 2.00 bits per heavy atom. The van der Waals surface area contributed by atoms with Crippen LogP contribution in [0, 0.1) is 17.2 Å². The molecule has 1 aromatic heterocycles. The van der Waals surface area contributed by atoms with Crippen LogP contribution >= 0.6 is 0 Å². The average molecular weight is 280 g/mol. The smallest absolute Gasteiger partial charge is 0.165 e. The van der Waals surface area contributed by atoms with Gasteiger partial charge in [-0.3, -0.25) is 4.79 Å². The van der Waals surface area contributed by atoms with Crippen molar-refractivity contribution in [2.75, 3.05) is 0 Å². The number of aromatic nitrogens is 1. The van der Waals surface area contributed by atoms with E-state index in [1.807, 2.05) is 12.1 Å². The average Bonchev–Trinajstić information content (AvgIpc) is 2.78. The zero-order valence-corrected chi connectivity index (χ0v) is 12.2. The van der Waals surface area contributed by atoms with E-state index < -0.39 is 0 Å². The summed E-state index contributed by atoms with van der Waals surface area (Å²) in [6.07, 6.45) is 9.81. The van der Waals surface area contributed by atoms with Crippen molar-refractivity contribution in [1.29, 1.82) is 5.26 Å². The van der Waals surface area contributed by atoms with Gasteiger partial charge in [-0.2, -0.15) is 5.26 Å². The van der Waals surface area contributed by atoms with Gasteiger partial charge in [-0.15, -0.1) is 0 Å². The van der Waals surface area contributed by atoms with Crippen molar-refractivity contribution in [1.82, 2.24) is 4.98 Å². The van der Waals surface area contributed by atoms with Gasteiger partial charge < -0.3 is 4.98 Å². The topological polar surface area (TPSA) is 56.6 Å². The first-order chi connectivity index (χ1) is 10.3. The molecule has 1 aliphatic rings. The predicted octanol–water partition coefficient (Wildman–Crippen LogP) is 4.58. The van der Waals surface area contributed by atoms with Gasteiger partial charge in [0.1, 0.15) is 0 Å². The fourth-order valence-electron chi connectivity index (χ4n) is 3.44. The fourth-order valence-corrected chi connectivity index (χ4v) is 3.44. The summed E-state index contributed by atoms with van der Waals surface area (Å²) >= 11 is 0. The molecule has 108 valence electrons. The summed E-state index contributed by atoms with van der Waals surface area (Å²) in [6.45, 7) is 0. The molecule has 2 aromatic rings. The highest BCUT2D eigenvalue weighted by Gasteiger charge is 2.20. The van der Waals surface area contributed by atoms with E-state index in [9.17, 15) is 10.1 Å². The summed E-state index contributed by atoms with van der Waals surface area (Å²) in [6, 6.07) is 7.73. The summed E-state index contributed by atoms with van der Waals surface area (Å²) in [7, 11) is 0. The van der Waals surface area contributed by atoms with Crippen molar-refractivity contribution < 1.29 is 4.79 Å². The van der Waals surface area contributed by atoms with Crippen LogP contribution in [0.25, 0.3) is 10.9 Å². The maximum absolute atomic E-state index is 12.6. The quantitative estimate of drug-likeness (QED) is 0.660. The van der Waals surface area contributed by atoms with Crippen molar-refractivity contribution in [3.63, 3.8) is 0 Å². The summed E-state index contributed by atoms with van der Waals surface area (Å²) in [5, 5.41) is 10.0. The summed E-state index contributed by atoms with van der Waals surface area (Å²) in [4.78, 5) is 15.8. The highest BCUT2D eigenvalue weighted by Crippen LogP contribution is 2.29. The molecule has 1 saturated carbocycles. The number of Topliss-reactive ketones (excluding diaryl/α,β-unsaturated/α-hetero) is 1. The molecule has 0 radical (unpaired) electrons. The van der Waals surface area contributed by atoms with Gasteiger partial charge in [-0.05, 0) is 18.1 Å². The molecule has 1 aliphatic carbocycles. The van der Waals surface area contributed by atoms with E-state index in [4.69, 9.17) is 0 Å². The molecule has 1 heterocycles. The van der Waals surface area contributed by atoms with Gasteiger partial charge in [0.05, 0.1) is 11.6 Å². The molecule has 1 aromatic carbocycles. The van der Waals surface area contributed by atoms with Crippen LogP contribution in [0.1, 0.15) is 60.9 Å². The van der Waals surface area contributed by atoms with Crippen LogP contribution in [0.3, 0.4) is 0 Å². The number of carbonyl (C=O) groups is 1. The minimum Gasteiger partial charge on any atom is -0.360 e. The van der Waals surface area contributed by atoms with E-state index in [0.29, 0.717) is 23.5 Å². The van der Waals surface area contributed by atoms with E-state index in [0.717, 1.165) is 10.9 Å². The van der Waals surface area contributed by atoms with Crippen LogP contribution in [0.4, 0.5) is 0 Å². The lowest BCUT2D eigenvalue weighted by Gasteiger charge is -2.12. The monoisotopic (exact) mass is 280 g/mol. The van der Waals surface area contributed by atoms with Crippen LogP contribution in [0.5, 0.6) is 0 Å². The second kappa shape index (κ2) is 6.13. The molecule has 0 unspecified atom stereocenters. The lowest BCUT2D eigenvalue weighted by atomic mass is 9.91. The number of rotatable bonds is 3. The van der Waals surface area contributed by atoms with E-state index in [2.05, 4.69) is 11.1 Å². The Morgan fingerprint density at radius 1 is 1.24 bits per heavy atom. The predicted molar refractivity (Wildman–Crippen MR) is 83.2 cm³/mol. The van der Waals surface area contributed by atoms with Gasteiger partial charge in [-0.25, -0.2) is 0 Å². The van der Waals surface area contributed by atoms with Crippen molar-refractivity contribution >= 4 is 16.7 Å². The first-order valence-electron chi connectivity index (χ1n) is 7.83. The van der Waals surface area contributed by atoms with Gasteiger partial charge in [0, 0.05) is 29.1 Å². The number of nitriles is 1. The highest BCUT2D eigenvalue weighted by atomic mass is 16.1. The van der Waals surface area contributed by atoms with E-state index >= 15 is 0 Å². The third-order valence-corrected chi connectivity index (χ3v) is 4.58. The molecule has 3 heteroatoms. The minimum atomic E-state index is 0.177. The number of hydrogen-bond donors (Lipinski definition) is 1. The number of benzene rings is 1. The van der Waals surface area contributed by atoms with Crippen LogP contribution in [0.15, 0.2) is 24.4 Å². The first kappa shape index (κ1) is 13.9. The number of H-pyrrole nitrogens is 1. The number of carbonyl (C=O) groups excluding carboxylic acids is 1. The number of fused-ring (bicyclic) bond motifs is 1. The largest absolute Gasteiger partial charge is 0.360 e. The molecule has 0 spiro atoms. The van der Waals surface area contributed by atoms with Crippen LogP contribution in [0.2, 0.25) is 0 Å². The first-order valence-corrected chi connectivity index (χ1v) is 7.83. The molecular formula is C18H20N2O. The fraction of sp³-hybridized carbons (Fsp3) is 0.444. The highest BCUT2D eigenvalue weighted by molar-refractivity contribution is 6.09. The Bertz CT molecular complexity index is 685. The number of ketones is 1. The molecule has 3 rings (SSSR count). The standard InChI is InChI=1S/C18H20N2O/c19-11-14-8-5-9-16-18(14)15(12-20-16)17(21)10-13-6-3-1-2-4-7-13/h5,8-9,12-13,20H,1-4,6-7,10H2. The summed E-state index contributed by atoms with van der Waals surface area (Å²) < 4.78 is 0. The molecule has 0 atom stereocenters. The summed E-state index contributed by atoms with van der Waals surface area (Å²) in [5.74, 6) is 0.690. The van der Waals surface area contributed by atoms with E-state index in [1.54, 1.807) is 12.3 Å². The van der Waals surface area contributed by atoms with Crippen LogP contribution in [-0.4, -0.2) is 10.8 Å². The SMILES string of the molecule is N#Cc1cccc2[nH]cc(C(=O)CC3CCCCCC3)c12. The second-order valence-electron chi connectivity index (χ2n) is 6.03. The van der Waals surface area contributed by atoms with Gasteiger partial charge in [0.2, 0.25) is 0 Å². The van der Waals surface area contributed by atoms with Crippen molar-refractivity contribution in [2.45, 2.75) is 44.9 Å². The molecule has 1 N–H and O–H groups in total. The molecule has 0 aliphatic heterocycles. The van der Waals surface area contributed by atoms with Crippen molar-refractivity contribution in [3.8, 4) is 6.07 Å². The zero-order chi connectivity index (χ0) is 14.7. The summed E-state index contributed by atoms with van der Waals surface area (Å²) in [5.41, 5.74) is 2.14. The normalized spacial score (nSPS) is 16.5. The van der Waals surface area contributed by atoms with Gasteiger partial charge >= 0.3 is 0 Å². The molecule has 3 nitrogen and oxygen atoms in total. The molecular weight excluding hydrogens is 260 g/mol. The Hall–Kier alpha value is -2.08. The Kier molecular flexibility index (Phi) is 4.06. The van der Waals surface area contributed by atoms with Gasteiger partial charge in [0.15, 0.2) is 5.78 Å². The molecule has 21 heavy (non-hydrogen) atoms. The second-order valence-corrected chi connectivity index (χ2v) is 6.03. The van der Waals surface area contributed by atoms with E-state index in [1.165, 1.54) is 38.5 Å². The van der Waals surface area contributed by atoms with Crippen LogP contribution in [-0.2, 0) is 0 Å². The van der Waals surface area contributed by atoms with Crippen molar-refractivity contribution in [3.05, 3.63) is 35.5 Å². The number of nitrogens with zero attached hydrogens (tertiary/aromatic N) is 1. The molecule has 0 bridgehead atoms. The minimum absolute atomic E-state index is 0.177. The maximum atomic E-state index is 12.6. The number of hydrogen-bond acceptors (Lipinski definition) is 2. The zero-order valence-electron chi connectivity index (χ0n) is 12.2.